The highest BCUT2D eigenvalue weighted by atomic mass is 16.8. The number of ether oxygens (including phenoxy) is 6. The van der Waals surface area contributed by atoms with Gasteiger partial charge in [0, 0.05) is 6.42 Å². The highest BCUT2D eigenvalue weighted by Crippen LogP contribution is 2.33. The molecule has 0 aliphatic carbocycles. The molecule has 3 saturated heterocycles. The van der Waals surface area contributed by atoms with Gasteiger partial charge in [0.1, 0.15) is 73.2 Å². The number of carbonyl (C=O) groups is 1. The predicted molar refractivity (Wildman–Crippen MR) is 296 cm³/mol. The molecule has 17 unspecified atom stereocenters. The van der Waals surface area contributed by atoms with Crippen molar-refractivity contribution < 1.29 is 89.4 Å². The summed E-state index contributed by atoms with van der Waals surface area (Å²) in [5.41, 5.74) is 0. The van der Waals surface area contributed by atoms with Gasteiger partial charge in [0.05, 0.1) is 38.6 Å². The maximum absolute atomic E-state index is 13.3. The van der Waals surface area contributed by atoms with Gasteiger partial charge in [-0.2, -0.15) is 0 Å². The number of aliphatic hydroxyl groups is 11. The van der Waals surface area contributed by atoms with E-state index >= 15 is 0 Å². The van der Waals surface area contributed by atoms with E-state index in [4.69, 9.17) is 28.4 Å². The van der Waals surface area contributed by atoms with Gasteiger partial charge >= 0.3 is 0 Å². The van der Waals surface area contributed by atoms with Crippen LogP contribution in [-0.4, -0.2) is 193 Å². The van der Waals surface area contributed by atoms with Crippen LogP contribution in [-0.2, 0) is 33.2 Å². The van der Waals surface area contributed by atoms with E-state index < -0.39 is 124 Å². The first-order valence-electron chi connectivity index (χ1n) is 30.2. The van der Waals surface area contributed by atoms with Gasteiger partial charge in [0.2, 0.25) is 5.91 Å². The molecule has 3 rings (SSSR count). The lowest BCUT2D eigenvalue weighted by atomic mass is 9.96. The van der Waals surface area contributed by atoms with Crippen LogP contribution in [0.2, 0.25) is 0 Å². The number of unbranched alkanes of at least 4 members (excludes halogenated alkanes) is 22. The molecular formula is C59H107NO18. The normalized spacial score (nSPS) is 30.7. The zero-order valence-electron chi connectivity index (χ0n) is 47.4. The van der Waals surface area contributed by atoms with Gasteiger partial charge in [-0.3, -0.25) is 4.79 Å². The first-order valence-corrected chi connectivity index (χ1v) is 30.2. The standard InChI is InChI=1S/C59H107NO18/c1-3-5-7-9-11-13-15-16-17-18-19-20-21-22-23-24-25-26-27-29-31-33-35-37-47(65)60-42(43(64)36-34-32-30-28-14-12-10-8-6-4-2)41-73-57-53(71)50(68)55(45(39-62)75-57)78-59-54(72)51(69)56(46(40-63)76-59)77-58-52(70)49(67)48(66)44(38-61)74-58/h15-16,18-19,21-22,42-46,48-59,61-64,66-72H,3-14,17,20,23-41H2,1-2H3,(H,60,65)/b16-15-,19-18-,22-21-. The number of aliphatic hydroxyl groups excluding tert-OH is 11. The highest BCUT2D eigenvalue weighted by molar-refractivity contribution is 5.76. The van der Waals surface area contributed by atoms with E-state index in [9.17, 15) is 61.0 Å². The van der Waals surface area contributed by atoms with Crippen LogP contribution in [0.5, 0.6) is 0 Å². The Labute approximate surface area is 466 Å². The van der Waals surface area contributed by atoms with Crippen molar-refractivity contribution in [2.24, 2.45) is 0 Å². The Hall–Kier alpha value is -1.99. The van der Waals surface area contributed by atoms with Crippen LogP contribution in [0.15, 0.2) is 36.5 Å². The predicted octanol–water partition coefficient (Wildman–Crippen LogP) is 5.32. The molecule has 3 heterocycles. The third kappa shape index (κ3) is 26.5. The number of hydrogen-bond acceptors (Lipinski definition) is 18. The summed E-state index contributed by atoms with van der Waals surface area (Å²) in [7, 11) is 0. The van der Waals surface area contributed by atoms with Gasteiger partial charge in [-0.05, 0) is 51.4 Å². The largest absolute Gasteiger partial charge is 0.394 e. The number of rotatable bonds is 44. The number of amides is 1. The lowest BCUT2D eigenvalue weighted by Gasteiger charge is -2.48. The van der Waals surface area contributed by atoms with Crippen LogP contribution in [0.4, 0.5) is 0 Å². The van der Waals surface area contributed by atoms with Crippen LogP contribution in [0.1, 0.15) is 200 Å². The molecule has 0 aromatic carbocycles. The van der Waals surface area contributed by atoms with E-state index in [2.05, 4.69) is 55.6 Å². The van der Waals surface area contributed by atoms with Crippen LogP contribution in [0.25, 0.3) is 0 Å². The number of nitrogens with one attached hydrogen (secondary N) is 1. The maximum Gasteiger partial charge on any atom is 0.220 e. The van der Waals surface area contributed by atoms with Gasteiger partial charge in [-0.1, -0.05) is 179 Å². The number of carbonyl (C=O) groups excluding carboxylic acids is 1. The summed E-state index contributed by atoms with van der Waals surface area (Å²) in [6, 6.07) is -0.889. The Morgan fingerprint density at radius 1 is 0.462 bits per heavy atom. The average molecular weight is 1120 g/mol. The second kappa shape index (κ2) is 42.8. The van der Waals surface area contributed by atoms with E-state index in [1.54, 1.807) is 0 Å². The van der Waals surface area contributed by atoms with Crippen LogP contribution in [0.3, 0.4) is 0 Å². The lowest BCUT2D eigenvalue weighted by Crippen LogP contribution is -2.66. The van der Waals surface area contributed by atoms with Crippen molar-refractivity contribution in [3.05, 3.63) is 36.5 Å². The molecule has 1 amide bonds. The Morgan fingerprint density at radius 3 is 1.32 bits per heavy atom. The Kier molecular flexibility index (Phi) is 38.5. The summed E-state index contributed by atoms with van der Waals surface area (Å²) in [4.78, 5) is 13.3. The summed E-state index contributed by atoms with van der Waals surface area (Å²) < 4.78 is 34.2. The minimum Gasteiger partial charge on any atom is -0.394 e. The van der Waals surface area contributed by atoms with Crippen molar-refractivity contribution in [3.8, 4) is 0 Å². The second-order valence-electron chi connectivity index (χ2n) is 21.8. The fourth-order valence-corrected chi connectivity index (χ4v) is 10.2. The summed E-state index contributed by atoms with van der Waals surface area (Å²) in [5.74, 6) is -0.253. The maximum atomic E-state index is 13.3. The quantitative estimate of drug-likeness (QED) is 0.0271. The molecule has 0 bridgehead atoms. The van der Waals surface area contributed by atoms with Crippen molar-refractivity contribution in [3.63, 3.8) is 0 Å². The molecule has 0 aromatic heterocycles. The van der Waals surface area contributed by atoms with E-state index in [0.29, 0.717) is 12.8 Å². The molecule has 0 spiro atoms. The highest BCUT2D eigenvalue weighted by Gasteiger charge is 2.53. The molecule has 0 aromatic rings. The smallest absolute Gasteiger partial charge is 0.220 e. The summed E-state index contributed by atoms with van der Waals surface area (Å²) >= 11 is 0. The molecule has 78 heavy (non-hydrogen) atoms. The summed E-state index contributed by atoms with van der Waals surface area (Å²) in [6.07, 6.45) is 18.1. The van der Waals surface area contributed by atoms with E-state index in [0.717, 1.165) is 70.6 Å². The molecule has 3 fully saturated rings. The SMILES string of the molecule is CCCCCCC/C=C\C/C=C\C/C=C\CCCCCCCCCCC(=O)NC(COC1OC(CO)C(OC2OC(CO)C(OC3OC(CO)C(O)C(O)C3O)C(O)C2O)C(O)C1O)C(O)CCCCCCCCCCCC. The monoisotopic (exact) mass is 1120 g/mol. The molecule has 19 heteroatoms. The Bertz CT molecular complexity index is 1570. The average Bonchev–Trinajstić information content (AvgIpc) is 3.49. The van der Waals surface area contributed by atoms with Crippen LogP contribution in [0, 0.1) is 0 Å². The topological polar surface area (TPSA) is 307 Å². The molecular weight excluding hydrogens is 1010 g/mol. The van der Waals surface area contributed by atoms with Gasteiger partial charge in [0.25, 0.3) is 0 Å². The van der Waals surface area contributed by atoms with Crippen molar-refractivity contribution in [1.29, 1.82) is 0 Å². The summed E-state index contributed by atoms with van der Waals surface area (Å²) in [5, 5.41) is 120. The fraction of sp³-hybridized carbons (Fsp3) is 0.881. The molecule has 19 nitrogen and oxygen atoms in total. The van der Waals surface area contributed by atoms with Gasteiger partial charge in [-0.15, -0.1) is 0 Å². The minimum atomic E-state index is -1.97. The van der Waals surface area contributed by atoms with Crippen LogP contribution < -0.4 is 5.32 Å². The number of hydrogen-bond donors (Lipinski definition) is 12. The zero-order valence-corrected chi connectivity index (χ0v) is 47.4. The van der Waals surface area contributed by atoms with Crippen molar-refractivity contribution in [2.75, 3.05) is 26.4 Å². The number of allylic oxidation sites excluding steroid dienone is 6. The van der Waals surface area contributed by atoms with E-state index in [-0.39, 0.29) is 18.9 Å². The molecule has 12 N–H and O–H groups in total. The molecule has 0 radical (unpaired) electrons. The second-order valence-corrected chi connectivity index (χ2v) is 21.8. The zero-order chi connectivity index (χ0) is 56.9. The first-order chi connectivity index (χ1) is 37.8. The van der Waals surface area contributed by atoms with Crippen LogP contribution >= 0.6 is 0 Å². The lowest BCUT2D eigenvalue weighted by molar-refractivity contribution is -0.379. The first kappa shape index (κ1) is 70.3. The van der Waals surface area contributed by atoms with Crippen molar-refractivity contribution >= 4 is 5.91 Å². The molecule has 456 valence electrons. The van der Waals surface area contributed by atoms with Crippen molar-refractivity contribution in [1.82, 2.24) is 5.32 Å². The molecule has 3 aliphatic heterocycles. The Morgan fingerprint density at radius 2 is 0.846 bits per heavy atom. The van der Waals surface area contributed by atoms with Gasteiger partial charge in [0.15, 0.2) is 18.9 Å². The minimum absolute atomic E-state index is 0.253. The Balaban J connectivity index is 1.45. The molecule has 3 aliphatic rings. The molecule has 0 saturated carbocycles. The third-order valence-corrected chi connectivity index (χ3v) is 15.2. The van der Waals surface area contributed by atoms with Crippen molar-refractivity contribution in [2.45, 2.75) is 304 Å². The van der Waals surface area contributed by atoms with Gasteiger partial charge < -0.3 is 89.9 Å². The molecule has 17 atom stereocenters. The van der Waals surface area contributed by atoms with E-state index in [1.165, 1.54) is 96.3 Å². The fourth-order valence-electron chi connectivity index (χ4n) is 10.2. The van der Waals surface area contributed by atoms with Gasteiger partial charge in [-0.25, -0.2) is 0 Å². The summed E-state index contributed by atoms with van der Waals surface area (Å²) in [6.45, 7) is 1.74. The van der Waals surface area contributed by atoms with E-state index in [1.807, 2.05) is 0 Å². The third-order valence-electron chi connectivity index (χ3n) is 15.2.